The molecule has 0 amide bonds. The Labute approximate surface area is 121 Å². The Hall–Kier alpha value is -0.970. The second-order valence-corrected chi connectivity index (χ2v) is 5.79. The van der Waals surface area contributed by atoms with Gasteiger partial charge in [0, 0.05) is 33.1 Å². The summed E-state index contributed by atoms with van der Waals surface area (Å²) in [7, 11) is 0. The van der Waals surface area contributed by atoms with Crippen molar-refractivity contribution in [1.29, 1.82) is 0 Å². The number of fused-ring (bicyclic) bond motifs is 1. The van der Waals surface area contributed by atoms with Crippen molar-refractivity contribution in [2.24, 2.45) is 0 Å². The Balaban J connectivity index is 0.000000136. The second kappa shape index (κ2) is 6.27. The summed E-state index contributed by atoms with van der Waals surface area (Å²) in [5.74, 6) is 0. The van der Waals surface area contributed by atoms with Crippen molar-refractivity contribution >= 4 is 36.0 Å². The van der Waals surface area contributed by atoms with Crippen molar-refractivity contribution in [3.05, 3.63) is 59.0 Å². The van der Waals surface area contributed by atoms with Gasteiger partial charge < -0.3 is 0 Å². The maximum absolute atomic E-state index is 5.66. The van der Waals surface area contributed by atoms with E-state index in [1.165, 1.54) is 16.1 Å². The van der Waals surface area contributed by atoms with Crippen LogP contribution in [0.4, 0.5) is 0 Å². The Morgan fingerprint density at radius 2 is 2.17 bits per heavy atom. The number of hydrogen-bond acceptors (Lipinski definition) is 4. The van der Waals surface area contributed by atoms with E-state index in [9.17, 15) is 0 Å². The third-order valence-electron chi connectivity index (χ3n) is 2.11. The van der Waals surface area contributed by atoms with E-state index < -0.39 is 0 Å². The number of rotatable bonds is 2. The molecule has 0 saturated carbocycles. The summed E-state index contributed by atoms with van der Waals surface area (Å²) < 4.78 is 0. The molecule has 1 aromatic carbocycles. The van der Waals surface area contributed by atoms with E-state index in [-0.39, 0.29) is 0 Å². The van der Waals surface area contributed by atoms with E-state index in [0.717, 1.165) is 15.6 Å². The van der Waals surface area contributed by atoms with Crippen LogP contribution in [-0.4, -0.2) is 9.97 Å². The number of aromatic nitrogens is 2. The smallest absolute Gasteiger partial charge is 0.115 e. The molecule has 0 radical (unpaired) electrons. The van der Waals surface area contributed by atoms with Crippen LogP contribution in [-0.2, 0) is 6.42 Å². The maximum Gasteiger partial charge on any atom is 0.115 e. The topological polar surface area (TPSA) is 25.8 Å². The number of thiol groups is 1. The van der Waals surface area contributed by atoms with Crippen molar-refractivity contribution in [3.8, 4) is 0 Å². The lowest BCUT2D eigenvalue weighted by atomic mass is 10.3. The van der Waals surface area contributed by atoms with Crippen molar-refractivity contribution in [2.75, 3.05) is 0 Å². The highest BCUT2D eigenvalue weighted by atomic mass is 35.5. The minimum Gasteiger partial charge on any atom is -0.245 e. The van der Waals surface area contributed by atoms with Crippen molar-refractivity contribution < 1.29 is 0 Å². The molecule has 18 heavy (non-hydrogen) atoms. The van der Waals surface area contributed by atoms with Gasteiger partial charge in [-0.05, 0) is 29.2 Å². The molecule has 0 spiro atoms. The number of allylic oxidation sites excluding steroid dienone is 1. The van der Waals surface area contributed by atoms with E-state index in [1.54, 1.807) is 18.0 Å². The summed E-state index contributed by atoms with van der Waals surface area (Å²) >= 11 is 11.5. The van der Waals surface area contributed by atoms with E-state index in [0.29, 0.717) is 6.42 Å². The number of nitrogens with zero attached hydrogens (tertiary/aromatic N) is 2. The highest BCUT2D eigenvalue weighted by molar-refractivity contribution is 8.05. The van der Waals surface area contributed by atoms with Crippen molar-refractivity contribution in [3.63, 3.8) is 0 Å². The van der Waals surface area contributed by atoms with Crippen LogP contribution in [0.3, 0.4) is 0 Å². The molecule has 0 N–H and O–H groups in total. The van der Waals surface area contributed by atoms with Gasteiger partial charge in [0.25, 0.3) is 0 Å². The van der Waals surface area contributed by atoms with Crippen molar-refractivity contribution in [2.45, 2.75) is 16.2 Å². The fraction of sp³-hybridized carbons (Fsp3) is 0.0769. The van der Waals surface area contributed by atoms with Crippen LogP contribution >= 0.6 is 36.0 Å². The summed E-state index contributed by atoms with van der Waals surface area (Å²) in [6, 6.07) is 7.80. The Morgan fingerprint density at radius 1 is 1.33 bits per heavy atom. The molecule has 5 heteroatoms. The van der Waals surface area contributed by atoms with E-state index in [4.69, 9.17) is 11.6 Å². The first-order chi connectivity index (χ1) is 8.65. The number of halogens is 1. The van der Waals surface area contributed by atoms with Crippen LogP contribution in [0.2, 0.25) is 5.02 Å². The van der Waals surface area contributed by atoms with Gasteiger partial charge >= 0.3 is 0 Å². The predicted molar refractivity (Wildman–Crippen MR) is 79.4 cm³/mol. The summed E-state index contributed by atoms with van der Waals surface area (Å²) in [6.45, 7) is 3.65. The standard InChI is InChI=1S/C7H8N2S.C6H3ClS/c1-6(10)4-7-2-3-8-5-9-7;7-4-1-2-5-6(3-4)8-5/h2-3,5,10H,1,4H2;1-3H. The highest BCUT2D eigenvalue weighted by Gasteiger charge is 2.16. The largest absolute Gasteiger partial charge is 0.245 e. The molecule has 2 aromatic rings. The van der Waals surface area contributed by atoms with Crippen molar-refractivity contribution in [1.82, 2.24) is 9.97 Å². The van der Waals surface area contributed by atoms with Crippen LogP contribution in [0.5, 0.6) is 0 Å². The second-order valence-electron chi connectivity index (χ2n) is 3.64. The molecule has 0 saturated heterocycles. The highest BCUT2D eigenvalue weighted by Crippen LogP contribution is 2.48. The van der Waals surface area contributed by atoms with E-state index in [1.807, 2.05) is 24.3 Å². The minimum atomic E-state index is 0.714. The van der Waals surface area contributed by atoms with Gasteiger partial charge in [-0.25, -0.2) is 9.97 Å². The van der Waals surface area contributed by atoms with Crippen LogP contribution in [0, 0.1) is 0 Å². The molecule has 3 rings (SSSR count). The molecular formula is C13H11ClN2S2. The number of hydrogen-bond donors (Lipinski definition) is 1. The molecule has 2 nitrogen and oxygen atoms in total. The molecule has 1 aliphatic rings. The quantitative estimate of drug-likeness (QED) is 0.565. The average molecular weight is 295 g/mol. The van der Waals surface area contributed by atoms with Gasteiger partial charge in [0.1, 0.15) is 6.33 Å². The van der Waals surface area contributed by atoms with Crippen LogP contribution in [0.15, 0.2) is 58.1 Å². The Kier molecular flexibility index (Phi) is 4.69. The lowest BCUT2D eigenvalue weighted by Gasteiger charge is -1.95. The average Bonchev–Trinajstić information content (AvgIpc) is 3.08. The van der Waals surface area contributed by atoms with Gasteiger partial charge in [-0.2, -0.15) is 0 Å². The Morgan fingerprint density at radius 3 is 2.72 bits per heavy atom. The molecule has 92 valence electrons. The zero-order chi connectivity index (χ0) is 13.0. The third-order valence-corrected chi connectivity index (χ3v) is 3.44. The molecular weight excluding hydrogens is 284 g/mol. The van der Waals surface area contributed by atoms with Gasteiger partial charge in [-0.15, -0.1) is 12.6 Å². The van der Waals surface area contributed by atoms with E-state index in [2.05, 4.69) is 29.2 Å². The van der Waals surface area contributed by atoms with Gasteiger partial charge in [-0.1, -0.05) is 29.9 Å². The predicted octanol–water partition coefficient (Wildman–Crippen LogP) is 4.27. The monoisotopic (exact) mass is 294 g/mol. The normalized spacial score (nSPS) is 11.0. The van der Waals surface area contributed by atoms with Gasteiger partial charge in [0.2, 0.25) is 0 Å². The molecule has 0 aliphatic carbocycles. The first kappa shape index (κ1) is 13.5. The molecule has 0 fully saturated rings. The fourth-order valence-corrected chi connectivity index (χ4v) is 2.30. The first-order valence-corrected chi connectivity index (χ1v) is 6.88. The SMILES string of the molecule is C=C(S)Cc1ccncn1.Clc1ccc2c(c1)S2. The minimum absolute atomic E-state index is 0.714. The fourth-order valence-electron chi connectivity index (χ4n) is 1.27. The van der Waals surface area contributed by atoms with E-state index >= 15 is 0 Å². The summed E-state index contributed by atoms with van der Waals surface area (Å²) in [6.07, 6.45) is 3.94. The molecule has 1 aromatic heterocycles. The lowest BCUT2D eigenvalue weighted by Crippen LogP contribution is -1.88. The van der Waals surface area contributed by atoms with Gasteiger partial charge in [-0.3, -0.25) is 0 Å². The molecule has 0 bridgehead atoms. The molecule has 2 heterocycles. The molecule has 1 aliphatic heterocycles. The maximum atomic E-state index is 5.66. The van der Waals surface area contributed by atoms with Gasteiger partial charge in [0.15, 0.2) is 0 Å². The zero-order valence-electron chi connectivity index (χ0n) is 9.51. The molecule has 0 atom stereocenters. The Bertz CT molecular complexity index is 557. The first-order valence-electron chi connectivity index (χ1n) is 5.24. The third kappa shape index (κ3) is 4.37. The molecule has 0 unspecified atom stereocenters. The number of benzene rings is 1. The zero-order valence-corrected chi connectivity index (χ0v) is 12.0. The van der Waals surface area contributed by atoms with Crippen LogP contribution in [0.25, 0.3) is 0 Å². The van der Waals surface area contributed by atoms with Crippen LogP contribution < -0.4 is 0 Å². The summed E-state index contributed by atoms with van der Waals surface area (Å²) in [5.41, 5.74) is 0.954. The van der Waals surface area contributed by atoms with Gasteiger partial charge in [0.05, 0.1) is 0 Å². The lowest BCUT2D eigenvalue weighted by molar-refractivity contribution is 1.04. The summed E-state index contributed by atoms with van der Waals surface area (Å²) in [5, 5.41) is 0.841. The summed E-state index contributed by atoms with van der Waals surface area (Å²) in [4.78, 5) is 11.3. The van der Waals surface area contributed by atoms with Crippen LogP contribution in [0.1, 0.15) is 5.69 Å².